The van der Waals surface area contributed by atoms with E-state index in [1.807, 2.05) is 0 Å². The van der Waals surface area contributed by atoms with Gasteiger partial charge in [-0.05, 0) is 133 Å². The Kier molecular flexibility index (Phi) is 18.6. The number of ether oxygens (including phenoxy) is 6. The topological polar surface area (TPSA) is 158 Å². The van der Waals surface area contributed by atoms with Gasteiger partial charge in [-0.1, -0.05) is 49.5 Å². The molecule has 0 radical (unpaired) electrons. The van der Waals surface area contributed by atoms with Crippen molar-refractivity contribution in [3.05, 3.63) is 133 Å². The predicted octanol–water partition coefficient (Wildman–Crippen LogP) is 9.37. The summed E-state index contributed by atoms with van der Waals surface area (Å²) in [4.78, 5) is 77.9. The van der Waals surface area contributed by atoms with Gasteiger partial charge in [-0.15, -0.1) is 0 Å². The van der Waals surface area contributed by atoms with Crippen molar-refractivity contribution in [1.29, 1.82) is 0 Å². The molecule has 4 aromatic rings. The van der Waals surface area contributed by atoms with E-state index in [1.165, 1.54) is 0 Å². The quantitative estimate of drug-likeness (QED) is 0.0271. The Balaban J connectivity index is 1.05. The second kappa shape index (κ2) is 24.2. The zero-order chi connectivity index (χ0) is 42.7. The minimum atomic E-state index is -0.602. The molecule has 5 rings (SSSR count). The summed E-state index contributed by atoms with van der Waals surface area (Å²) in [6, 6.07) is 27.5. The highest BCUT2D eigenvalue weighted by molar-refractivity contribution is 8.15. The first-order valence-corrected chi connectivity index (χ1v) is 21.7. The van der Waals surface area contributed by atoms with Gasteiger partial charge in [0.2, 0.25) is 10.2 Å². The van der Waals surface area contributed by atoms with E-state index in [1.54, 1.807) is 97.1 Å². The summed E-state index contributed by atoms with van der Waals surface area (Å²) >= 11 is 4.35. The fraction of sp³-hybridized carbons (Fsp3) is 0.227. The maximum atomic E-state index is 13.6. The number of carbonyl (C=O) groups excluding carboxylic acids is 6. The van der Waals surface area contributed by atoms with Crippen molar-refractivity contribution in [3.8, 4) is 11.5 Å². The Morgan fingerprint density at radius 3 is 1.15 bits per heavy atom. The van der Waals surface area contributed by atoms with E-state index in [0.29, 0.717) is 45.3 Å². The normalized spacial score (nSPS) is 14.6. The van der Waals surface area contributed by atoms with Crippen LogP contribution in [0.3, 0.4) is 0 Å². The van der Waals surface area contributed by atoms with E-state index in [2.05, 4.69) is 13.2 Å². The van der Waals surface area contributed by atoms with Crippen molar-refractivity contribution >= 4 is 79.4 Å². The maximum absolute atomic E-state index is 13.6. The number of esters is 2. The van der Waals surface area contributed by atoms with Crippen LogP contribution in [-0.2, 0) is 38.1 Å². The van der Waals surface area contributed by atoms with Gasteiger partial charge >= 0.3 is 11.9 Å². The highest BCUT2D eigenvalue weighted by Crippen LogP contribution is 2.40. The fourth-order valence-corrected chi connectivity index (χ4v) is 8.90. The van der Waals surface area contributed by atoms with Crippen molar-refractivity contribution in [1.82, 2.24) is 0 Å². The molecule has 16 heteroatoms. The number of rotatable bonds is 20. The zero-order valence-electron chi connectivity index (χ0n) is 32.2. The SMILES string of the molecule is C=CC(=O)OCOCOc1ccc(C(=O)Sc2ccc(SC(=O)[C@H]3CCCC[C@@H]3C(=O)Sc3ccc(SC(=O)c4ccc(OCOCOC(=O)C=C)cc4)cc3)cc2)cc1. The molecular formula is C44H40O12S4. The van der Waals surface area contributed by atoms with Crippen LogP contribution < -0.4 is 9.47 Å². The van der Waals surface area contributed by atoms with Crippen LogP contribution in [0, 0.1) is 11.8 Å². The summed E-state index contributed by atoms with van der Waals surface area (Å²) in [6.45, 7) is 5.75. The van der Waals surface area contributed by atoms with Gasteiger partial charge in [0, 0.05) is 54.7 Å². The minimum Gasteiger partial charge on any atom is -0.467 e. The molecule has 312 valence electrons. The first-order chi connectivity index (χ1) is 29.1. The number of thioether (sulfide) groups is 4. The standard InChI is InChI=1S/C44H40O12S4/c1-3-39(45)55-27-51-25-53-31-13-9-29(10-14-31)41(47)57-33-17-21-35(22-18-33)59-43(49)37-7-5-6-8-38(37)44(50)60-36-23-19-34(20-24-36)58-42(48)30-11-15-32(16-12-30)54-26-52-28-56-40(46)4-2/h3-4,9-24,37-38H,1-2,5-8,25-28H2/t37-,38-/m0/s1. The molecule has 4 aromatic carbocycles. The number of benzene rings is 4. The van der Waals surface area contributed by atoms with Crippen LogP contribution in [-0.4, -0.2) is 59.6 Å². The number of carbonyl (C=O) groups is 6. The molecule has 1 aliphatic carbocycles. The molecule has 0 aromatic heterocycles. The molecule has 0 aliphatic heterocycles. The Morgan fingerprint density at radius 2 is 0.817 bits per heavy atom. The van der Waals surface area contributed by atoms with E-state index in [-0.39, 0.29) is 47.6 Å². The molecule has 0 N–H and O–H groups in total. The van der Waals surface area contributed by atoms with Gasteiger partial charge in [0.1, 0.15) is 11.5 Å². The summed E-state index contributed by atoms with van der Waals surface area (Å²) < 4.78 is 30.4. The van der Waals surface area contributed by atoms with Gasteiger partial charge in [-0.2, -0.15) is 0 Å². The van der Waals surface area contributed by atoms with Gasteiger partial charge in [-0.3, -0.25) is 19.2 Å². The zero-order valence-corrected chi connectivity index (χ0v) is 35.4. The highest BCUT2D eigenvalue weighted by atomic mass is 32.2. The molecule has 0 bridgehead atoms. The molecule has 2 atom stereocenters. The van der Waals surface area contributed by atoms with Crippen LogP contribution in [0.1, 0.15) is 46.4 Å². The van der Waals surface area contributed by atoms with Crippen LogP contribution in [0.25, 0.3) is 0 Å². The van der Waals surface area contributed by atoms with Crippen LogP contribution in [0.2, 0.25) is 0 Å². The van der Waals surface area contributed by atoms with E-state index >= 15 is 0 Å². The van der Waals surface area contributed by atoms with Crippen molar-refractivity contribution < 1.29 is 57.2 Å². The van der Waals surface area contributed by atoms with E-state index < -0.39 is 23.8 Å². The van der Waals surface area contributed by atoms with Gasteiger partial charge in [0.15, 0.2) is 37.4 Å². The van der Waals surface area contributed by atoms with Crippen molar-refractivity contribution in [2.24, 2.45) is 11.8 Å². The molecule has 0 heterocycles. The average Bonchev–Trinajstić information content (AvgIpc) is 3.27. The Labute approximate surface area is 364 Å². The largest absolute Gasteiger partial charge is 0.467 e. The van der Waals surface area contributed by atoms with E-state index in [9.17, 15) is 28.8 Å². The molecule has 1 saturated carbocycles. The third kappa shape index (κ3) is 14.9. The molecule has 1 fully saturated rings. The summed E-state index contributed by atoms with van der Waals surface area (Å²) in [7, 11) is 0. The molecule has 12 nitrogen and oxygen atoms in total. The predicted molar refractivity (Wildman–Crippen MR) is 229 cm³/mol. The van der Waals surface area contributed by atoms with Crippen LogP contribution >= 0.6 is 47.0 Å². The summed E-state index contributed by atoms with van der Waals surface area (Å²) in [6.07, 6.45) is 5.08. The van der Waals surface area contributed by atoms with Gasteiger partial charge in [0.25, 0.3) is 0 Å². The maximum Gasteiger partial charge on any atom is 0.332 e. The van der Waals surface area contributed by atoms with Crippen molar-refractivity contribution in [2.45, 2.75) is 45.3 Å². The third-order valence-electron chi connectivity index (χ3n) is 8.58. The minimum absolute atomic E-state index is 0.0552. The lowest BCUT2D eigenvalue weighted by Gasteiger charge is -2.28. The molecule has 0 amide bonds. The third-order valence-corrected chi connectivity index (χ3v) is 12.5. The van der Waals surface area contributed by atoms with Gasteiger partial charge in [-0.25, -0.2) is 9.59 Å². The molecule has 0 saturated heterocycles. The van der Waals surface area contributed by atoms with Gasteiger partial charge in [0.05, 0.1) is 0 Å². The Hall–Kier alpha value is -5.10. The van der Waals surface area contributed by atoms with E-state index in [4.69, 9.17) is 28.4 Å². The Morgan fingerprint density at radius 1 is 0.483 bits per heavy atom. The lowest BCUT2D eigenvalue weighted by Crippen LogP contribution is -2.30. The second-order valence-corrected chi connectivity index (χ2v) is 16.9. The summed E-state index contributed by atoms with van der Waals surface area (Å²) in [5.74, 6) is -1.08. The number of hydrogen-bond donors (Lipinski definition) is 0. The van der Waals surface area contributed by atoms with Crippen molar-refractivity contribution in [3.63, 3.8) is 0 Å². The Bertz CT molecular complexity index is 1970. The van der Waals surface area contributed by atoms with E-state index in [0.717, 1.165) is 81.8 Å². The lowest BCUT2D eigenvalue weighted by atomic mass is 9.81. The molecule has 0 unspecified atom stereocenters. The molecule has 60 heavy (non-hydrogen) atoms. The number of hydrogen-bond acceptors (Lipinski definition) is 16. The average molecular weight is 889 g/mol. The van der Waals surface area contributed by atoms with Crippen molar-refractivity contribution in [2.75, 3.05) is 27.2 Å². The molecule has 0 spiro atoms. The summed E-state index contributed by atoms with van der Waals surface area (Å²) in [5.41, 5.74) is 0.944. The van der Waals surface area contributed by atoms with Crippen LogP contribution in [0.15, 0.2) is 142 Å². The lowest BCUT2D eigenvalue weighted by molar-refractivity contribution is -0.157. The molecular weight excluding hydrogens is 849 g/mol. The highest BCUT2D eigenvalue weighted by Gasteiger charge is 2.36. The molecule has 1 aliphatic rings. The van der Waals surface area contributed by atoms with Crippen LogP contribution in [0.4, 0.5) is 0 Å². The fourth-order valence-electron chi connectivity index (χ4n) is 5.54. The smallest absolute Gasteiger partial charge is 0.332 e. The monoisotopic (exact) mass is 888 g/mol. The first-order valence-electron chi connectivity index (χ1n) is 18.4. The van der Waals surface area contributed by atoms with Gasteiger partial charge < -0.3 is 28.4 Å². The summed E-state index contributed by atoms with van der Waals surface area (Å²) in [5, 5.41) is -0.446. The first kappa shape index (κ1) is 46.0. The van der Waals surface area contributed by atoms with Crippen LogP contribution in [0.5, 0.6) is 11.5 Å². The second-order valence-electron chi connectivity index (χ2n) is 12.6.